The second kappa shape index (κ2) is 9.05. The lowest BCUT2D eigenvalue weighted by molar-refractivity contribution is -0.137. The third-order valence-electron chi connectivity index (χ3n) is 4.80. The number of carbonyl (C=O) groups excluding carboxylic acids is 1. The second-order valence-electron chi connectivity index (χ2n) is 7.12. The Bertz CT molecular complexity index is 1150. The summed E-state index contributed by atoms with van der Waals surface area (Å²) in [5, 5.41) is 0. The van der Waals surface area contributed by atoms with Crippen LogP contribution in [-0.2, 0) is 19.3 Å². The maximum atomic E-state index is 13.2. The zero-order chi connectivity index (χ0) is 22.6. The maximum Gasteiger partial charge on any atom is 0.416 e. The van der Waals surface area contributed by atoms with Crippen LogP contribution in [0.15, 0.2) is 89.9 Å². The normalized spacial score (nSPS) is 11.3. The minimum atomic E-state index is -4.47. The molecule has 5 nitrogen and oxygen atoms in total. The Morgan fingerprint density at radius 1 is 0.875 bits per heavy atom. The largest absolute Gasteiger partial charge is 0.451 e. The number of nitrogens with zero attached hydrogens (tertiary/aromatic N) is 3. The summed E-state index contributed by atoms with van der Waals surface area (Å²) in [7, 11) is 0. The van der Waals surface area contributed by atoms with Crippen molar-refractivity contribution in [3.63, 3.8) is 0 Å². The number of hydrogen-bond acceptors (Lipinski definition) is 4. The summed E-state index contributed by atoms with van der Waals surface area (Å²) in [5.41, 5.74) is 1.17. The molecule has 0 unspecified atom stereocenters. The molecule has 4 aromatic rings. The van der Waals surface area contributed by atoms with Crippen molar-refractivity contribution < 1.29 is 22.4 Å². The van der Waals surface area contributed by atoms with E-state index in [0.717, 1.165) is 23.3 Å². The average molecular weight is 437 g/mol. The highest BCUT2D eigenvalue weighted by molar-refractivity contribution is 5.92. The van der Waals surface area contributed by atoms with Crippen LogP contribution in [0.2, 0.25) is 0 Å². The number of aromatic nitrogens is 2. The SMILES string of the molecule is O=C(c1ccc(-c2cccc(C(F)(F)F)c2)o1)N(Cc1ccncc1)Cc1cccnc1. The van der Waals surface area contributed by atoms with Crippen LogP contribution in [0.3, 0.4) is 0 Å². The third-order valence-corrected chi connectivity index (χ3v) is 4.80. The first-order valence-electron chi connectivity index (χ1n) is 9.75. The van der Waals surface area contributed by atoms with E-state index in [4.69, 9.17) is 4.42 Å². The molecule has 0 N–H and O–H groups in total. The molecule has 0 aliphatic carbocycles. The van der Waals surface area contributed by atoms with Gasteiger partial charge in [-0.05, 0) is 53.6 Å². The van der Waals surface area contributed by atoms with Gasteiger partial charge >= 0.3 is 6.18 Å². The highest BCUT2D eigenvalue weighted by Gasteiger charge is 2.30. The number of pyridine rings is 2. The molecular formula is C24H18F3N3O2. The highest BCUT2D eigenvalue weighted by atomic mass is 19.4. The van der Waals surface area contributed by atoms with Crippen LogP contribution in [-0.4, -0.2) is 20.8 Å². The van der Waals surface area contributed by atoms with E-state index in [9.17, 15) is 18.0 Å². The molecule has 162 valence electrons. The lowest BCUT2D eigenvalue weighted by atomic mass is 10.1. The van der Waals surface area contributed by atoms with Gasteiger partial charge in [0.05, 0.1) is 5.56 Å². The molecule has 0 atom stereocenters. The highest BCUT2D eigenvalue weighted by Crippen LogP contribution is 2.33. The molecule has 32 heavy (non-hydrogen) atoms. The molecule has 4 rings (SSSR count). The summed E-state index contributed by atoms with van der Waals surface area (Å²) in [5.74, 6) is -0.163. The molecule has 1 amide bonds. The van der Waals surface area contributed by atoms with Crippen LogP contribution in [0.1, 0.15) is 27.2 Å². The molecule has 0 aliphatic heterocycles. The summed E-state index contributed by atoms with van der Waals surface area (Å²) >= 11 is 0. The predicted octanol–water partition coefficient (Wildman–Crippen LogP) is 5.60. The van der Waals surface area contributed by atoms with Gasteiger partial charge in [0.1, 0.15) is 5.76 Å². The molecular weight excluding hydrogens is 419 g/mol. The molecule has 0 bridgehead atoms. The zero-order valence-corrected chi connectivity index (χ0v) is 16.8. The van der Waals surface area contributed by atoms with Crippen molar-refractivity contribution in [1.82, 2.24) is 14.9 Å². The van der Waals surface area contributed by atoms with E-state index < -0.39 is 11.7 Å². The van der Waals surface area contributed by atoms with Crippen molar-refractivity contribution in [3.8, 4) is 11.3 Å². The minimum Gasteiger partial charge on any atom is -0.451 e. The summed E-state index contributed by atoms with van der Waals surface area (Å²) < 4.78 is 44.8. The molecule has 0 fully saturated rings. The van der Waals surface area contributed by atoms with Crippen molar-refractivity contribution >= 4 is 5.91 Å². The van der Waals surface area contributed by atoms with Crippen molar-refractivity contribution in [1.29, 1.82) is 0 Å². The molecule has 0 radical (unpaired) electrons. The van der Waals surface area contributed by atoms with Crippen LogP contribution in [0.4, 0.5) is 13.2 Å². The Kier molecular flexibility index (Phi) is 6.02. The van der Waals surface area contributed by atoms with Gasteiger partial charge in [0.2, 0.25) is 0 Å². The van der Waals surface area contributed by atoms with E-state index in [-0.39, 0.29) is 29.5 Å². The Balaban J connectivity index is 1.61. The number of rotatable bonds is 6. The first-order valence-corrected chi connectivity index (χ1v) is 9.75. The number of hydrogen-bond donors (Lipinski definition) is 0. The molecule has 0 saturated heterocycles. The van der Waals surface area contributed by atoms with Gasteiger partial charge in [0, 0.05) is 43.4 Å². The fourth-order valence-corrected chi connectivity index (χ4v) is 3.23. The van der Waals surface area contributed by atoms with Crippen LogP contribution < -0.4 is 0 Å². The average Bonchev–Trinajstić information content (AvgIpc) is 3.29. The van der Waals surface area contributed by atoms with Crippen molar-refractivity contribution in [2.45, 2.75) is 19.3 Å². The second-order valence-corrected chi connectivity index (χ2v) is 7.12. The Morgan fingerprint density at radius 2 is 1.66 bits per heavy atom. The monoisotopic (exact) mass is 437 g/mol. The van der Waals surface area contributed by atoms with Crippen molar-refractivity contribution in [3.05, 3.63) is 108 Å². The maximum absolute atomic E-state index is 13.2. The third kappa shape index (κ3) is 5.03. The van der Waals surface area contributed by atoms with Crippen LogP contribution in [0.5, 0.6) is 0 Å². The Labute approximate surface area is 182 Å². The lowest BCUT2D eigenvalue weighted by Crippen LogP contribution is -2.29. The van der Waals surface area contributed by atoms with Gasteiger partial charge in [0.25, 0.3) is 5.91 Å². The first kappa shape index (κ1) is 21.3. The number of benzene rings is 1. The summed E-state index contributed by atoms with van der Waals surface area (Å²) in [6, 6.07) is 15.0. The number of amides is 1. The van der Waals surface area contributed by atoms with Crippen LogP contribution >= 0.6 is 0 Å². The van der Waals surface area contributed by atoms with Gasteiger partial charge in [-0.25, -0.2) is 0 Å². The van der Waals surface area contributed by atoms with Gasteiger partial charge in [-0.2, -0.15) is 13.2 Å². The smallest absolute Gasteiger partial charge is 0.416 e. The number of carbonyl (C=O) groups is 1. The van der Waals surface area contributed by atoms with E-state index in [1.807, 2.05) is 6.07 Å². The number of furan rings is 1. The predicted molar refractivity (Wildman–Crippen MR) is 111 cm³/mol. The lowest BCUT2D eigenvalue weighted by Gasteiger charge is -2.22. The summed E-state index contributed by atoms with van der Waals surface area (Å²) in [4.78, 5) is 22.9. The number of halogens is 3. The molecule has 0 saturated carbocycles. The standard InChI is InChI=1S/C24H18F3N3O2/c25-24(26,27)20-5-1-4-19(13-20)21-6-7-22(32-21)23(31)30(15-17-8-11-28-12-9-17)16-18-3-2-10-29-14-18/h1-14H,15-16H2. The van der Waals surface area contributed by atoms with E-state index in [1.165, 1.54) is 24.3 Å². The summed E-state index contributed by atoms with van der Waals surface area (Å²) in [6.45, 7) is 0.588. The number of alkyl halides is 3. The molecule has 3 aromatic heterocycles. The van der Waals surface area contributed by atoms with Gasteiger partial charge in [0.15, 0.2) is 5.76 Å². The van der Waals surface area contributed by atoms with Gasteiger partial charge in [-0.15, -0.1) is 0 Å². The Morgan fingerprint density at radius 3 is 2.38 bits per heavy atom. The molecule has 0 spiro atoms. The van der Waals surface area contributed by atoms with E-state index in [0.29, 0.717) is 6.54 Å². The molecule has 8 heteroatoms. The fourth-order valence-electron chi connectivity index (χ4n) is 3.23. The molecule has 0 aliphatic rings. The van der Waals surface area contributed by atoms with Gasteiger partial charge in [-0.3, -0.25) is 14.8 Å². The molecule has 3 heterocycles. The van der Waals surface area contributed by atoms with Crippen LogP contribution in [0, 0.1) is 0 Å². The van der Waals surface area contributed by atoms with Gasteiger partial charge in [-0.1, -0.05) is 18.2 Å². The zero-order valence-electron chi connectivity index (χ0n) is 16.8. The van der Waals surface area contributed by atoms with E-state index in [1.54, 1.807) is 47.9 Å². The first-order chi connectivity index (χ1) is 15.4. The topological polar surface area (TPSA) is 59.2 Å². The van der Waals surface area contributed by atoms with Crippen molar-refractivity contribution in [2.24, 2.45) is 0 Å². The van der Waals surface area contributed by atoms with E-state index in [2.05, 4.69) is 9.97 Å². The van der Waals surface area contributed by atoms with Crippen LogP contribution in [0.25, 0.3) is 11.3 Å². The van der Waals surface area contributed by atoms with Gasteiger partial charge < -0.3 is 9.32 Å². The Hall–Kier alpha value is -3.94. The quantitative estimate of drug-likeness (QED) is 0.394. The fraction of sp³-hybridized carbons (Fsp3) is 0.125. The van der Waals surface area contributed by atoms with E-state index >= 15 is 0 Å². The minimum absolute atomic E-state index is 0.0374. The van der Waals surface area contributed by atoms with Crippen molar-refractivity contribution in [2.75, 3.05) is 0 Å². The molecule has 1 aromatic carbocycles. The summed E-state index contributed by atoms with van der Waals surface area (Å²) in [6.07, 6.45) is 2.13.